The van der Waals surface area contributed by atoms with Gasteiger partial charge in [-0.25, -0.2) is 0 Å². The van der Waals surface area contributed by atoms with Crippen LogP contribution in [0.25, 0.3) is 0 Å². The molecule has 0 saturated carbocycles. The molecule has 4 atom stereocenters. The zero-order chi connectivity index (χ0) is 48.5. The number of aliphatic hydroxyl groups excluding tert-OH is 1. The minimum absolute atomic E-state index is 0.0400. The van der Waals surface area contributed by atoms with Gasteiger partial charge in [-0.2, -0.15) is 0 Å². The summed E-state index contributed by atoms with van der Waals surface area (Å²) in [5.41, 5.74) is 0. The largest absolute Gasteiger partial charge is 0.462 e. The highest BCUT2D eigenvalue weighted by Crippen LogP contribution is 2.26. The number of aliphatic hydroxyl groups is 1. The third-order valence-electron chi connectivity index (χ3n) is 14.2. The van der Waals surface area contributed by atoms with E-state index in [0.717, 1.165) is 57.8 Å². The molecule has 0 amide bonds. The predicted octanol–water partition coefficient (Wildman–Crippen LogP) is 17.5. The molecule has 0 aromatic carbocycles. The molecule has 1 aliphatic heterocycles. The van der Waals surface area contributed by atoms with Crippen molar-refractivity contribution < 1.29 is 38.4 Å². The average molecular weight is 950 g/mol. The van der Waals surface area contributed by atoms with Crippen LogP contribution in [0, 0.1) is 0 Å². The Labute approximate surface area is 415 Å². The first-order valence-corrected chi connectivity index (χ1v) is 29.8. The van der Waals surface area contributed by atoms with E-state index in [1.165, 1.54) is 225 Å². The van der Waals surface area contributed by atoms with Gasteiger partial charge in [-0.1, -0.05) is 284 Å². The lowest BCUT2D eigenvalue weighted by Crippen LogP contribution is -2.46. The first-order chi connectivity index (χ1) is 32.9. The van der Waals surface area contributed by atoms with E-state index in [9.17, 15) is 19.5 Å². The lowest BCUT2D eigenvalue weighted by atomic mass is 10.0. The summed E-state index contributed by atoms with van der Waals surface area (Å²) >= 11 is 0. The topological polar surface area (TPSA) is 108 Å². The Morgan fingerprint density at radius 3 is 0.985 bits per heavy atom. The summed E-state index contributed by atoms with van der Waals surface area (Å²) in [6.07, 6.45) is 52.0. The molecular weight excluding hydrogens is 837 g/mol. The van der Waals surface area contributed by atoms with Crippen molar-refractivity contribution in [2.75, 3.05) is 13.2 Å². The van der Waals surface area contributed by atoms with Gasteiger partial charge in [-0.05, 0) is 19.3 Å². The summed E-state index contributed by atoms with van der Waals surface area (Å²) in [6, 6.07) is 0. The molecule has 1 aliphatic rings. The van der Waals surface area contributed by atoms with Crippen LogP contribution in [0.3, 0.4) is 0 Å². The lowest BCUT2D eigenvalue weighted by Gasteiger charge is -2.28. The molecule has 1 N–H and O–H groups in total. The van der Waals surface area contributed by atoms with Gasteiger partial charge in [0.05, 0.1) is 6.61 Å². The van der Waals surface area contributed by atoms with Gasteiger partial charge in [-0.15, -0.1) is 0 Å². The molecule has 0 bridgehead atoms. The van der Waals surface area contributed by atoms with E-state index >= 15 is 0 Å². The van der Waals surface area contributed by atoms with Gasteiger partial charge >= 0.3 is 17.9 Å². The molecule has 1 saturated heterocycles. The fourth-order valence-corrected chi connectivity index (χ4v) is 9.71. The molecule has 1 heterocycles. The van der Waals surface area contributed by atoms with Crippen molar-refractivity contribution in [3.05, 3.63) is 0 Å². The molecule has 1 rings (SSSR count). The first kappa shape index (κ1) is 63.3. The summed E-state index contributed by atoms with van der Waals surface area (Å²) in [7, 11) is 0. The van der Waals surface area contributed by atoms with Crippen molar-refractivity contribution in [1.82, 2.24) is 0 Å². The highest BCUT2D eigenvalue weighted by atomic mass is 16.6. The maximum atomic E-state index is 13.2. The SMILES string of the molecule is CCCCCCCCCCCCCCCCCC(=O)OC(COC(=O)CCCCCCCCCCCCCCCC)[C@H]1OC[C@@H](O)[C@@H]1OC(=O)CCCCCCCCCCCCCCCCC. The van der Waals surface area contributed by atoms with Gasteiger partial charge in [0.2, 0.25) is 0 Å². The van der Waals surface area contributed by atoms with Crippen molar-refractivity contribution in [3.8, 4) is 0 Å². The second-order valence-electron chi connectivity index (χ2n) is 20.8. The summed E-state index contributed by atoms with van der Waals surface area (Å²) in [6.45, 7) is 6.58. The Kier molecular flexibility index (Phi) is 46.6. The third kappa shape index (κ3) is 40.7. The van der Waals surface area contributed by atoms with E-state index in [0.29, 0.717) is 6.42 Å². The van der Waals surface area contributed by atoms with Gasteiger partial charge in [-0.3, -0.25) is 14.4 Å². The number of carbonyl (C=O) groups is 3. The number of hydrogen-bond donors (Lipinski definition) is 1. The second kappa shape index (κ2) is 49.3. The lowest BCUT2D eigenvalue weighted by molar-refractivity contribution is -0.177. The third-order valence-corrected chi connectivity index (χ3v) is 14.2. The number of ether oxygens (including phenoxy) is 4. The van der Waals surface area contributed by atoms with Crippen molar-refractivity contribution >= 4 is 17.9 Å². The number of carbonyl (C=O) groups excluding carboxylic acids is 3. The van der Waals surface area contributed by atoms with Crippen LogP contribution in [-0.2, 0) is 33.3 Å². The van der Waals surface area contributed by atoms with Crippen LogP contribution in [0.1, 0.15) is 323 Å². The normalized spacial score (nSPS) is 16.4. The van der Waals surface area contributed by atoms with E-state index in [2.05, 4.69) is 20.8 Å². The minimum atomic E-state index is -1.04. The van der Waals surface area contributed by atoms with Gasteiger partial charge in [0.1, 0.15) is 18.8 Å². The number of hydrogen-bond acceptors (Lipinski definition) is 8. The number of rotatable bonds is 52. The van der Waals surface area contributed by atoms with Crippen LogP contribution < -0.4 is 0 Å². The number of esters is 3. The van der Waals surface area contributed by atoms with Crippen LogP contribution in [-0.4, -0.2) is 60.6 Å². The molecule has 0 aliphatic carbocycles. The Morgan fingerprint density at radius 2 is 0.672 bits per heavy atom. The molecule has 8 heteroatoms. The Balaban J connectivity index is 2.46. The minimum Gasteiger partial charge on any atom is -0.462 e. The fourth-order valence-electron chi connectivity index (χ4n) is 9.71. The molecular formula is C59H112O8. The van der Waals surface area contributed by atoms with Crippen LogP contribution in [0.4, 0.5) is 0 Å². The van der Waals surface area contributed by atoms with Crippen molar-refractivity contribution in [3.63, 3.8) is 0 Å². The zero-order valence-corrected chi connectivity index (χ0v) is 44.8. The zero-order valence-electron chi connectivity index (χ0n) is 44.8. The standard InChI is InChI=1S/C59H112O8/c1-4-7-10-13-16-19-22-25-28-31-34-37-40-43-46-49-56(62)66-54(52-64-55(61)48-45-42-39-36-33-30-27-24-21-18-15-12-9-6-3)59-58(53(60)51-65-59)67-57(63)50-47-44-41-38-35-32-29-26-23-20-17-14-11-8-5-2/h53-54,58-60H,4-52H2,1-3H3/t53-,54?,58+,59-/m1/s1. The maximum absolute atomic E-state index is 13.2. The van der Waals surface area contributed by atoms with Gasteiger partial charge in [0.25, 0.3) is 0 Å². The summed E-state index contributed by atoms with van der Waals surface area (Å²) in [5, 5.41) is 10.9. The smallest absolute Gasteiger partial charge is 0.306 e. The van der Waals surface area contributed by atoms with Gasteiger partial charge in [0.15, 0.2) is 12.2 Å². The molecule has 0 radical (unpaired) electrons. The van der Waals surface area contributed by atoms with E-state index < -0.39 is 24.4 Å². The summed E-state index contributed by atoms with van der Waals surface area (Å²) in [5.74, 6) is -1.09. The van der Waals surface area contributed by atoms with Crippen LogP contribution >= 0.6 is 0 Å². The van der Waals surface area contributed by atoms with Gasteiger partial charge < -0.3 is 24.1 Å². The highest BCUT2D eigenvalue weighted by molar-refractivity contribution is 5.71. The van der Waals surface area contributed by atoms with Gasteiger partial charge in [0, 0.05) is 19.3 Å². The quantitative estimate of drug-likeness (QED) is 0.0365. The van der Waals surface area contributed by atoms with Crippen molar-refractivity contribution in [1.29, 1.82) is 0 Å². The first-order valence-electron chi connectivity index (χ1n) is 29.8. The highest BCUT2D eigenvalue weighted by Gasteiger charge is 2.46. The summed E-state index contributed by atoms with van der Waals surface area (Å²) in [4.78, 5) is 39.1. The van der Waals surface area contributed by atoms with E-state index in [-0.39, 0.29) is 44.0 Å². The Morgan fingerprint density at radius 1 is 0.403 bits per heavy atom. The van der Waals surface area contributed by atoms with Crippen LogP contribution in [0.5, 0.6) is 0 Å². The van der Waals surface area contributed by atoms with E-state index in [1.54, 1.807) is 0 Å². The Bertz CT molecular complexity index is 1080. The molecule has 8 nitrogen and oxygen atoms in total. The van der Waals surface area contributed by atoms with E-state index in [4.69, 9.17) is 18.9 Å². The van der Waals surface area contributed by atoms with Crippen molar-refractivity contribution in [2.45, 2.75) is 347 Å². The molecule has 396 valence electrons. The average Bonchev–Trinajstić information content (AvgIpc) is 3.68. The number of unbranched alkanes of at least 4 members (excludes halogenated alkanes) is 41. The van der Waals surface area contributed by atoms with Crippen molar-refractivity contribution in [2.24, 2.45) is 0 Å². The fraction of sp³-hybridized carbons (Fsp3) is 0.949. The van der Waals surface area contributed by atoms with E-state index in [1.807, 2.05) is 0 Å². The molecule has 1 fully saturated rings. The maximum Gasteiger partial charge on any atom is 0.306 e. The molecule has 0 spiro atoms. The van der Waals surface area contributed by atoms with Crippen LogP contribution in [0.15, 0.2) is 0 Å². The summed E-state index contributed by atoms with van der Waals surface area (Å²) < 4.78 is 23.4. The monoisotopic (exact) mass is 949 g/mol. The van der Waals surface area contributed by atoms with Crippen LogP contribution in [0.2, 0.25) is 0 Å². The molecule has 67 heavy (non-hydrogen) atoms. The predicted molar refractivity (Wildman–Crippen MR) is 280 cm³/mol. The Hall–Kier alpha value is -1.67. The molecule has 0 aromatic rings. The molecule has 0 aromatic heterocycles. The second-order valence-corrected chi connectivity index (χ2v) is 20.8. The molecule has 1 unspecified atom stereocenters.